The quantitative estimate of drug-likeness (QED) is 0.487. The van der Waals surface area contributed by atoms with Gasteiger partial charge >= 0.3 is 0 Å². The monoisotopic (exact) mass is 288 g/mol. The lowest BCUT2D eigenvalue weighted by Gasteiger charge is -2.18. The van der Waals surface area contributed by atoms with E-state index in [1.165, 1.54) is 10.5 Å². The van der Waals surface area contributed by atoms with Gasteiger partial charge in [-0.2, -0.15) is 0 Å². The minimum absolute atomic E-state index is 0.0715. The molecule has 0 aliphatic heterocycles. The molecule has 0 saturated carbocycles. The van der Waals surface area contributed by atoms with Crippen LogP contribution in [0.4, 0.5) is 0 Å². The van der Waals surface area contributed by atoms with E-state index in [9.17, 15) is 0 Å². The fraction of sp³-hybridized carbons (Fsp3) is 0.250. The van der Waals surface area contributed by atoms with Gasteiger partial charge in [-0.15, -0.1) is 11.8 Å². The summed E-state index contributed by atoms with van der Waals surface area (Å²) >= 11 is 1.74. The summed E-state index contributed by atoms with van der Waals surface area (Å²) in [5.74, 6) is 6.62. The van der Waals surface area contributed by atoms with Gasteiger partial charge in [0, 0.05) is 4.90 Å². The molecule has 0 saturated heterocycles. The number of para-hydroxylation sites is 1. The van der Waals surface area contributed by atoms with Gasteiger partial charge in [0.1, 0.15) is 5.75 Å². The van der Waals surface area contributed by atoms with Crippen LogP contribution in [0.2, 0.25) is 0 Å². The molecule has 0 fully saturated rings. The molecule has 4 heteroatoms. The van der Waals surface area contributed by atoms with Gasteiger partial charge in [0.15, 0.2) is 0 Å². The number of nitrogens with two attached hydrogens (primary N) is 1. The lowest BCUT2D eigenvalue weighted by atomic mass is 9.99. The van der Waals surface area contributed by atoms with Crippen molar-refractivity contribution in [2.24, 2.45) is 5.84 Å². The third kappa shape index (κ3) is 3.54. The number of thioether (sulfide) groups is 1. The van der Waals surface area contributed by atoms with Gasteiger partial charge in [-0.1, -0.05) is 30.3 Å². The average Bonchev–Trinajstić information content (AvgIpc) is 2.53. The Kier molecular flexibility index (Phi) is 5.47. The maximum Gasteiger partial charge on any atom is 0.122 e. The summed E-state index contributed by atoms with van der Waals surface area (Å²) in [5.41, 5.74) is 5.22. The molecule has 0 aliphatic rings. The molecule has 0 bridgehead atoms. The van der Waals surface area contributed by atoms with E-state index in [4.69, 9.17) is 10.6 Å². The van der Waals surface area contributed by atoms with E-state index < -0.39 is 0 Å². The Morgan fingerprint density at radius 1 is 1.15 bits per heavy atom. The molecular weight excluding hydrogens is 268 g/mol. The minimum Gasteiger partial charge on any atom is -0.496 e. The summed E-state index contributed by atoms with van der Waals surface area (Å²) in [7, 11) is 1.69. The Morgan fingerprint density at radius 2 is 1.85 bits per heavy atom. The number of hydrogen-bond acceptors (Lipinski definition) is 4. The molecule has 0 aliphatic carbocycles. The van der Waals surface area contributed by atoms with Crippen LogP contribution in [0.3, 0.4) is 0 Å². The zero-order chi connectivity index (χ0) is 14.4. The summed E-state index contributed by atoms with van der Waals surface area (Å²) in [6.07, 6.45) is 2.86. The Hall–Kier alpha value is -1.49. The molecule has 2 rings (SSSR count). The Labute approximate surface area is 124 Å². The van der Waals surface area contributed by atoms with E-state index in [2.05, 4.69) is 42.0 Å². The van der Waals surface area contributed by atoms with E-state index in [0.29, 0.717) is 0 Å². The standard InChI is InChI=1S/C16H20N2OS/c1-19-16-6-4-3-5-13(16)11-15(18-17)12-7-9-14(20-2)10-8-12/h3-10,15,18H,11,17H2,1-2H3. The maximum atomic E-state index is 5.72. The van der Waals surface area contributed by atoms with Crippen LogP contribution in [0, 0.1) is 0 Å². The summed E-state index contributed by atoms with van der Waals surface area (Å²) in [5, 5.41) is 0. The van der Waals surface area contributed by atoms with Crippen molar-refractivity contribution in [2.45, 2.75) is 17.4 Å². The van der Waals surface area contributed by atoms with Gasteiger partial charge in [-0.25, -0.2) is 0 Å². The number of methoxy groups -OCH3 is 1. The second-order valence-electron chi connectivity index (χ2n) is 4.51. The predicted octanol–water partition coefficient (Wildman–Crippen LogP) is 3.16. The molecular formula is C16H20N2OS. The number of benzene rings is 2. The zero-order valence-electron chi connectivity index (χ0n) is 11.8. The first-order chi connectivity index (χ1) is 9.78. The van der Waals surface area contributed by atoms with Crippen LogP contribution < -0.4 is 16.0 Å². The zero-order valence-corrected chi connectivity index (χ0v) is 12.6. The molecule has 1 unspecified atom stereocenters. The van der Waals surface area contributed by atoms with Gasteiger partial charge in [0.2, 0.25) is 0 Å². The molecule has 0 heterocycles. The molecule has 1 atom stereocenters. The van der Waals surface area contributed by atoms with E-state index in [-0.39, 0.29) is 6.04 Å². The first-order valence-corrected chi connectivity index (χ1v) is 7.73. The van der Waals surface area contributed by atoms with E-state index in [1.54, 1.807) is 18.9 Å². The van der Waals surface area contributed by atoms with Crippen LogP contribution in [-0.4, -0.2) is 13.4 Å². The van der Waals surface area contributed by atoms with Crippen LogP contribution >= 0.6 is 11.8 Å². The van der Waals surface area contributed by atoms with E-state index in [0.717, 1.165) is 17.7 Å². The van der Waals surface area contributed by atoms with E-state index in [1.807, 2.05) is 18.2 Å². The highest BCUT2D eigenvalue weighted by Crippen LogP contribution is 2.25. The first-order valence-electron chi connectivity index (χ1n) is 6.50. The van der Waals surface area contributed by atoms with Crippen LogP contribution in [0.5, 0.6) is 5.75 Å². The van der Waals surface area contributed by atoms with Gasteiger partial charge in [-0.3, -0.25) is 11.3 Å². The minimum atomic E-state index is 0.0715. The number of rotatable bonds is 6. The van der Waals surface area contributed by atoms with Crippen molar-refractivity contribution in [3.05, 3.63) is 59.7 Å². The average molecular weight is 288 g/mol. The van der Waals surface area contributed by atoms with Crippen LogP contribution in [0.15, 0.2) is 53.4 Å². The van der Waals surface area contributed by atoms with Crippen LogP contribution in [0.25, 0.3) is 0 Å². The molecule has 106 valence electrons. The van der Waals surface area contributed by atoms with Gasteiger partial charge < -0.3 is 4.74 Å². The van der Waals surface area contributed by atoms with Crippen molar-refractivity contribution in [1.29, 1.82) is 0 Å². The molecule has 0 spiro atoms. The number of hydrogen-bond donors (Lipinski definition) is 2. The molecule has 0 amide bonds. The lowest BCUT2D eigenvalue weighted by Crippen LogP contribution is -2.29. The van der Waals surface area contributed by atoms with Gasteiger partial charge in [0.25, 0.3) is 0 Å². The summed E-state index contributed by atoms with van der Waals surface area (Å²) in [4.78, 5) is 1.25. The second kappa shape index (κ2) is 7.33. The summed E-state index contributed by atoms with van der Waals surface area (Å²) in [6.45, 7) is 0. The topological polar surface area (TPSA) is 47.3 Å². The predicted molar refractivity (Wildman–Crippen MR) is 85.0 cm³/mol. The van der Waals surface area contributed by atoms with Crippen molar-refractivity contribution >= 4 is 11.8 Å². The van der Waals surface area contributed by atoms with Crippen molar-refractivity contribution in [2.75, 3.05) is 13.4 Å². The Bertz CT molecular complexity index is 542. The van der Waals surface area contributed by atoms with E-state index >= 15 is 0 Å². The highest BCUT2D eigenvalue weighted by Gasteiger charge is 2.13. The van der Waals surface area contributed by atoms with Crippen molar-refractivity contribution in [1.82, 2.24) is 5.43 Å². The van der Waals surface area contributed by atoms with Crippen LogP contribution in [0.1, 0.15) is 17.2 Å². The fourth-order valence-corrected chi connectivity index (χ4v) is 2.61. The van der Waals surface area contributed by atoms with Crippen molar-refractivity contribution in [3.8, 4) is 5.75 Å². The molecule has 2 aromatic carbocycles. The SMILES string of the molecule is COc1ccccc1CC(NN)c1ccc(SC)cc1. The molecule has 3 nitrogen and oxygen atoms in total. The van der Waals surface area contributed by atoms with Crippen molar-refractivity contribution in [3.63, 3.8) is 0 Å². The summed E-state index contributed by atoms with van der Waals surface area (Å²) in [6, 6.07) is 16.6. The third-order valence-corrected chi connectivity index (χ3v) is 4.08. The number of nitrogens with one attached hydrogen (secondary N) is 1. The molecule has 0 radical (unpaired) electrons. The summed E-state index contributed by atoms with van der Waals surface area (Å²) < 4.78 is 5.39. The Morgan fingerprint density at radius 3 is 2.45 bits per heavy atom. The largest absolute Gasteiger partial charge is 0.496 e. The molecule has 0 aromatic heterocycles. The second-order valence-corrected chi connectivity index (χ2v) is 5.39. The smallest absolute Gasteiger partial charge is 0.122 e. The third-order valence-electron chi connectivity index (χ3n) is 3.34. The molecule has 3 N–H and O–H groups in total. The number of hydrazine groups is 1. The van der Waals surface area contributed by atoms with Gasteiger partial charge in [0.05, 0.1) is 13.2 Å². The number of ether oxygens (including phenoxy) is 1. The van der Waals surface area contributed by atoms with Gasteiger partial charge in [-0.05, 0) is 42.0 Å². The Balaban J connectivity index is 2.19. The van der Waals surface area contributed by atoms with Crippen LogP contribution in [-0.2, 0) is 6.42 Å². The lowest BCUT2D eigenvalue weighted by molar-refractivity contribution is 0.405. The first kappa shape index (κ1) is 14.9. The highest BCUT2D eigenvalue weighted by atomic mass is 32.2. The molecule has 20 heavy (non-hydrogen) atoms. The highest BCUT2D eigenvalue weighted by molar-refractivity contribution is 7.98. The maximum absolute atomic E-state index is 5.72. The normalized spacial score (nSPS) is 12.2. The van der Waals surface area contributed by atoms with Crippen molar-refractivity contribution < 1.29 is 4.74 Å². The fourth-order valence-electron chi connectivity index (χ4n) is 2.20. The molecule has 2 aromatic rings.